The quantitative estimate of drug-likeness (QED) is 0.306. The van der Waals surface area contributed by atoms with Crippen molar-refractivity contribution in [1.82, 2.24) is 5.32 Å². The van der Waals surface area contributed by atoms with Crippen LogP contribution in [0.15, 0.2) is 35.3 Å². The zero-order chi connectivity index (χ0) is 14.1. The van der Waals surface area contributed by atoms with Crippen molar-refractivity contribution >= 4 is 11.9 Å². The number of hydrogen-bond donors (Lipinski definition) is 4. The standard InChI is InChI=1S/C13H21N5O/c14-11(7-4-8-17-13(15)16)12(19)18-9-10-5-2-1-3-6-10/h1-3,5-6,11H,4,7-9,14H2,(H,18,19)(H4,15,16,17)/t11-/m1/s1. The average Bonchev–Trinajstić information content (AvgIpc) is 2.41. The van der Waals surface area contributed by atoms with Crippen molar-refractivity contribution < 1.29 is 4.79 Å². The first-order valence-electron chi connectivity index (χ1n) is 6.22. The Morgan fingerprint density at radius 2 is 1.95 bits per heavy atom. The molecule has 0 spiro atoms. The number of hydrogen-bond acceptors (Lipinski definition) is 3. The van der Waals surface area contributed by atoms with E-state index < -0.39 is 6.04 Å². The summed E-state index contributed by atoms with van der Waals surface area (Å²) in [7, 11) is 0. The van der Waals surface area contributed by atoms with Gasteiger partial charge < -0.3 is 22.5 Å². The predicted octanol–water partition coefficient (Wildman–Crippen LogP) is -0.316. The Kier molecular flexibility index (Phi) is 6.38. The molecule has 6 nitrogen and oxygen atoms in total. The minimum absolute atomic E-state index is 0.0575. The molecular formula is C13H21N5O. The molecule has 0 bridgehead atoms. The molecule has 1 atom stereocenters. The molecule has 0 aromatic heterocycles. The van der Waals surface area contributed by atoms with Crippen LogP contribution in [0.2, 0.25) is 0 Å². The van der Waals surface area contributed by atoms with Crippen LogP contribution in [-0.4, -0.2) is 24.5 Å². The van der Waals surface area contributed by atoms with Crippen molar-refractivity contribution in [2.75, 3.05) is 6.54 Å². The minimum Gasteiger partial charge on any atom is -0.370 e. The van der Waals surface area contributed by atoms with Gasteiger partial charge in [0.05, 0.1) is 6.04 Å². The maximum Gasteiger partial charge on any atom is 0.237 e. The summed E-state index contributed by atoms with van der Waals surface area (Å²) < 4.78 is 0. The monoisotopic (exact) mass is 263 g/mol. The lowest BCUT2D eigenvalue weighted by Gasteiger charge is -2.11. The number of carbonyl (C=O) groups is 1. The highest BCUT2D eigenvalue weighted by molar-refractivity contribution is 5.81. The Balaban J connectivity index is 2.23. The molecule has 7 N–H and O–H groups in total. The third-order valence-corrected chi connectivity index (χ3v) is 2.61. The van der Waals surface area contributed by atoms with E-state index in [0.717, 1.165) is 5.56 Å². The summed E-state index contributed by atoms with van der Waals surface area (Å²) in [5, 5.41) is 2.80. The van der Waals surface area contributed by atoms with Crippen molar-refractivity contribution in [1.29, 1.82) is 0 Å². The fraction of sp³-hybridized carbons (Fsp3) is 0.385. The highest BCUT2D eigenvalue weighted by atomic mass is 16.2. The smallest absolute Gasteiger partial charge is 0.237 e. The molecule has 0 saturated heterocycles. The van der Waals surface area contributed by atoms with Crippen molar-refractivity contribution in [3.63, 3.8) is 0 Å². The summed E-state index contributed by atoms with van der Waals surface area (Å²) in [5.41, 5.74) is 17.2. The summed E-state index contributed by atoms with van der Waals surface area (Å²) in [4.78, 5) is 15.6. The Hall–Kier alpha value is -2.08. The normalized spacial score (nSPS) is 11.6. The van der Waals surface area contributed by atoms with Crippen LogP contribution in [-0.2, 0) is 11.3 Å². The first-order valence-corrected chi connectivity index (χ1v) is 6.22. The lowest BCUT2D eigenvalue weighted by molar-refractivity contribution is -0.122. The van der Waals surface area contributed by atoms with Gasteiger partial charge in [0.15, 0.2) is 5.96 Å². The van der Waals surface area contributed by atoms with Gasteiger partial charge in [-0.25, -0.2) is 0 Å². The fourth-order valence-electron chi connectivity index (χ4n) is 1.57. The van der Waals surface area contributed by atoms with Gasteiger partial charge in [-0.1, -0.05) is 30.3 Å². The van der Waals surface area contributed by atoms with E-state index in [4.69, 9.17) is 17.2 Å². The van der Waals surface area contributed by atoms with Crippen molar-refractivity contribution in [2.24, 2.45) is 22.2 Å². The number of aliphatic imine (C=N–C) groups is 1. The Labute approximate surface area is 113 Å². The van der Waals surface area contributed by atoms with Crippen LogP contribution in [0.3, 0.4) is 0 Å². The molecule has 1 rings (SSSR count). The second kappa shape index (κ2) is 8.10. The second-order valence-corrected chi connectivity index (χ2v) is 4.26. The summed E-state index contributed by atoms with van der Waals surface area (Å²) >= 11 is 0. The molecule has 6 heteroatoms. The Morgan fingerprint density at radius 1 is 1.26 bits per heavy atom. The fourth-order valence-corrected chi connectivity index (χ4v) is 1.57. The molecule has 0 saturated carbocycles. The van der Waals surface area contributed by atoms with Crippen LogP contribution in [0.5, 0.6) is 0 Å². The van der Waals surface area contributed by atoms with E-state index in [-0.39, 0.29) is 11.9 Å². The molecule has 19 heavy (non-hydrogen) atoms. The molecule has 104 valence electrons. The molecule has 0 unspecified atom stereocenters. The maximum atomic E-state index is 11.7. The third-order valence-electron chi connectivity index (χ3n) is 2.61. The van der Waals surface area contributed by atoms with Crippen LogP contribution >= 0.6 is 0 Å². The molecule has 1 aromatic carbocycles. The van der Waals surface area contributed by atoms with Gasteiger partial charge >= 0.3 is 0 Å². The summed E-state index contributed by atoms with van der Waals surface area (Å²) in [6, 6.07) is 9.15. The first kappa shape index (κ1) is 15.0. The molecule has 0 aliphatic carbocycles. The van der Waals surface area contributed by atoms with Gasteiger partial charge in [-0.05, 0) is 18.4 Å². The van der Waals surface area contributed by atoms with Gasteiger partial charge in [0.25, 0.3) is 0 Å². The molecule has 0 heterocycles. The lowest BCUT2D eigenvalue weighted by atomic mass is 10.1. The van der Waals surface area contributed by atoms with Crippen molar-refractivity contribution in [3.05, 3.63) is 35.9 Å². The molecule has 0 aliphatic rings. The minimum atomic E-state index is -0.530. The number of nitrogens with two attached hydrogens (primary N) is 3. The zero-order valence-electron chi connectivity index (χ0n) is 10.9. The molecule has 0 fully saturated rings. The maximum absolute atomic E-state index is 11.7. The third kappa shape index (κ3) is 6.42. The predicted molar refractivity (Wildman–Crippen MR) is 76.2 cm³/mol. The van der Waals surface area contributed by atoms with Crippen LogP contribution in [0.1, 0.15) is 18.4 Å². The number of amides is 1. The van der Waals surface area contributed by atoms with Crippen LogP contribution in [0.4, 0.5) is 0 Å². The van der Waals surface area contributed by atoms with E-state index in [1.54, 1.807) is 0 Å². The number of guanidine groups is 1. The van der Waals surface area contributed by atoms with Gasteiger partial charge in [0.1, 0.15) is 0 Å². The highest BCUT2D eigenvalue weighted by Gasteiger charge is 2.12. The van der Waals surface area contributed by atoms with Gasteiger partial charge in [-0.2, -0.15) is 0 Å². The van der Waals surface area contributed by atoms with E-state index in [1.165, 1.54) is 0 Å². The van der Waals surface area contributed by atoms with Gasteiger partial charge in [-0.15, -0.1) is 0 Å². The zero-order valence-corrected chi connectivity index (χ0v) is 10.9. The van der Waals surface area contributed by atoms with E-state index in [9.17, 15) is 4.79 Å². The number of rotatable bonds is 7. The Morgan fingerprint density at radius 3 is 2.58 bits per heavy atom. The number of nitrogens with one attached hydrogen (secondary N) is 1. The lowest BCUT2D eigenvalue weighted by Crippen LogP contribution is -2.40. The van der Waals surface area contributed by atoms with Crippen molar-refractivity contribution in [3.8, 4) is 0 Å². The van der Waals surface area contributed by atoms with Gasteiger partial charge in [0.2, 0.25) is 5.91 Å². The topological polar surface area (TPSA) is 120 Å². The van der Waals surface area contributed by atoms with Crippen LogP contribution in [0, 0.1) is 0 Å². The second-order valence-electron chi connectivity index (χ2n) is 4.26. The SMILES string of the molecule is NC(N)=NCCC[C@@H](N)C(=O)NCc1ccccc1. The van der Waals surface area contributed by atoms with E-state index in [0.29, 0.717) is 25.9 Å². The van der Waals surface area contributed by atoms with Gasteiger partial charge in [0, 0.05) is 13.1 Å². The number of benzene rings is 1. The largest absolute Gasteiger partial charge is 0.370 e. The van der Waals surface area contributed by atoms with Crippen LogP contribution < -0.4 is 22.5 Å². The van der Waals surface area contributed by atoms with Crippen LogP contribution in [0.25, 0.3) is 0 Å². The van der Waals surface area contributed by atoms with E-state index >= 15 is 0 Å². The molecule has 1 aromatic rings. The first-order chi connectivity index (χ1) is 9.09. The summed E-state index contributed by atoms with van der Waals surface area (Å²) in [6.45, 7) is 0.975. The molecule has 0 radical (unpaired) electrons. The van der Waals surface area contributed by atoms with E-state index in [2.05, 4.69) is 10.3 Å². The summed E-state index contributed by atoms with van der Waals surface area (Å²) in [6.07, 6.45) is 1.23. The van der Waals surface area contributed by atoms with Crippen molar-refractivity contribution in [2.45, 2.75) is 25.4 Å². The van der Waals surface area contributed by atoms with E-state index in [1.807, 2.05) is 30.3 Å². The highest BCUT2D eigenvalue weighted by Crippen LogP contribution is 1.99. The average molecular weight is 263 g/mol. The number of nitrogens with zero attached hydrogens (tertiary/aromatic N) is 1. The van der Waals surface area contributed by atoms with Gasteiger partial charge in [-0.3, -0.25) is 9.79 Å². The Bertz CT molecular complexity index is 414. The molecular weight excluding hydrogens is 242 g/mol. The molecule has 0 aliphatic heterocycles. The summed E-state index contributed by atoms with van der Waals surface area (Å²) in [5.74, 6) is -0.101. The number of carbonyl (C=O) groups excluding carboxylic acids is 1. The molecule has 1 amide bonds.